The van der Waals surface area contributed by atoms with Crippen molar-refractivity contribution < 1.29 is 24.1 Å². The number of rotatable bonds is 7. The number of carbonyl (C=O) groups excluding carboxylic acids is 1. The normalized spacial score (nSPS) is 13.3. The molecule has 1 unspecified atom stereocenters. The van der Waals surface area contributed by atoms with Gasteiger partial charge in [0.2, 0.25) is 6.79 Å². The highest BCUT2D eigenvalue weighted by Gasteiger charge is 2.49. The standard InChI is InChI=1S/C27H22N2O5/c30-26(32-17-19-8-2-1-3-9-19)25(20-12-13-21-22(16-20)34-18-33-21)27(31,23-10-4-6-14-28-23)24-11-5-7-15-29-24/h1-16,25,31H,17-18H2. The monoisotopic (exact) mass is 454 g/mol. The van der Waals surface area contributed by atoms with Gasteiger partial charge in [0.25, 0.3) is 0 Å². The van der Waals surface area contributed by atoms with Gasteiger partial charge in [0.05, 0.1) is 11.4 Å². The zero-order chi connectivity index (χ0) is 23.4. The first-order valence-electron chi connectivity index (χ1n) is 10.8. The van der Waals surface area contributed by atoms with Crippen molar-refractivity contribution in [3.63, 3.8) is 0 Å². The number of carbonyl (C=O) groups is 1. The predicted molar refractivity (Wildman–Crippen MR) is 123 cm³/mol. The summed E-state index contributed by atoms with van der Waals surface area (Å²) < 4.78 is 16.7. The molecule has 5 rings (SSSR count). The Hall–Kier alpha value is -4.23. The Bertz CT molecular complexity index is 1230. The van der Waals surface area contributed by atoms with Gasteiger partial charge >= 0.3 is 5.97 Å². The summed E-state index contributed by atoms with van der Waals surface area (Å²) in [6.07, 6.45) is 3.13. The van der Waals surface area contributed by atoms with E-state index in [0.717, 1.165) is 5.56 Å². The number of hydrogen-bond acceptors (Lipinski definition) is 7. The number of hydrogen-bond donors (Lipinski definition) is 1. The number of pyridine rings is 2. The lowest BCUT2D eigenvalue weighted by Gasteiger charge is -2.34. The summed E-state index contributed by atoms with van der Waals surface area (Å²) in [5.74, 6) is -0.751. The highest BCUT2D eigenvalue weighted by Crippen LogP contribution is 2.44. The van der Waals surface area contributed by atoms with Gasteiger partial charge in [-0.2, -0.15) is 0 Å². The molecule has 0 fully saturated rings. The topological polar surface area (TPSA) is 90.8 Å². The van der Waals surface area contributed by atoms with E-state index in [1.54, 1.807) is 67.0 Å². The molecule has 3 heterocycles. The summed E-state index contributed by atoms with van der Waals surface area (Å²) in [5, 5.41) is 12.3. The number of ether oxygens (including phenoxy) is 3. The molecule has 0 bridgehead atoms. The summed E-state index contributed by atoms with van der Waals surface area (Å²) >= 11 is 0. The minimum absolute atomic E-state index is 0.0568. The highest BCUT2D eigenvalue weighted by molar-refractivity contribution is 5.81. The summed E-state index contributed by atoms with van der Waals surface area (Å²) in [4.78, 5) is 22.5. The third kappa shape index (κ3) is 4.09. The summed E-state index contributed by atoms with van der Waals surface area (Å²) in [7, 11) is 0. The molecule has 170 valence electrons. The second-order valence-corrected chi connectivity index (χ2v) is 7.84. The summed E-state index contributed by atoms with van der Waals surface area (Å²) in [5.41, 5.74) is -0.0500. The van der Waals surface area contributed by atoms with Crippen LogP contribution in [-0.4, -0.2) is 27.8 Å². The number of benzene rings is 2. The van der Waals surface area contributed by atoms with Gasteiger partial charge in [0.1, 0.15) is 12.5 Å². The van der Waals surface area contributed by atoms with Crippen LogP contribution in [0, 0.1) is 0 Å². The molecule has 0 saturated heterocycles. The van der Waals surface area contributed by atoms with Crippen LogP contribution in [0.1, 0.15) is 28.4 Å². The van der Waals surface area contributed by atoms with Gasteiger partial charge in [-0.1, -0.05) is 48.5 Å². The van der Waals surface area contributed by atoms with Gasteiger partial charge in [-0.05, 0) is 47.5 Å². The van der Waals surface area contributed by atoms with Crippen molar-refractivity contribution in [3.05, 3.63) is 120 Å². The fourth-order valence-electron chi connectivity index (χ4n) is 4.06. The van der Waals surface area contributed by atoms with Gasteiger partial charge in [0, 0.05) is 12.4 Å². The number of aromatic nitrogens is 2. The van der Waals surface area contributed by atoms with Crippen LogP contribution in [0.4, 0.5) is 0 Å². The van der Waals surface area contributed by atoms with Crippen molar-refractivity contribution in [1.82, 2.24) is 9.97 Å². The van der Waals surface area contributed by atoms with E-state index in [4.69, 9.17) is 14.2 Å². The molecule has 34 heavy (non-hydrogen) atoms. The Balaban J connectivity index is 1.63. The van der Waals surface area contributed by atoms with Gasteiger partial charge in [-0.15, -0.1) is 0 Å². The van der Waals surface area contributed by atoms with Crippen LogP contribution in [0.25, 0.3) is 0 Å². The molecule has 1 aliphatic heterocycles. The van der Waals surface area contributed by atoms with E-state index in [9.17, 15) is 9.90 Å². The summed E-state index contributed by atoms with van der Waals surface area (Å²) in [6, 6.07) is 24.8. The maximum atomic E-state index is 13.7. The summed E-state index contributed by atoms with van der Waals surface area (Å²) in [6.45, 7) is 0.147. The Labute approximate surface area is 196 Å². The quantitative estimate of drug-likeness (QED) is 0.423. The van der Waals surface area contributed by atoms with Crippen LogP contribution < -0.4 is 9.47 Å². The first-order chi connectivity index (χ1) is 16.7. The zero-order valence-electron chi connectivity index (χ0n) is 18.2. The minimum Gasteiger partial charge on any atom is -0.460 e. The van der Waals surface area contributed by atoms with Crippen LogP contribution in [0.3, 0.4) is 0 Å². The Kier molecular flexibility index (Phi) is 5.93. The Morgan fingerprint density at radius 1 is 0.882 bits per heavy atom. The average Bonchev–Trinajstić information content (AvgIpc) is 3.37. The molecule has 1 N–H and O–H groups in total. The Morgan fingerprint density at radius 2 is 1.53 bits per heavy atom. The van der Waals surface area contributed by atoms with E-state index in [-0.39, 0.29) is 24.8 Å². The van der Waals surface area contributed by atoms with E-state index in [1.807, 2.05) is 30.3 Å². The molecule has 0 spiro atoms. The van der Waals surface area contributed by atoms with Crippen molar-refractivity contribution in [3.8, 4) is 11.5 Å². The van der Waals surface area contributed by atoms with Crippen molar-refractivity contribution in [2.75, 3.05) is 6.79 Å². The molecule has 1 atom stereocenters. The molecule has 0 amide bonds. The van der Waals surface area contributed by atoms with Crippen LogP contribution in [0.15, 0.2) is 97.3 Å². The second-order valence-electron chi connectivity index (χ2n) is 7.84. The van der Waals surface area contributed by atoms with Gasteiger partial charge in [-0.25, -0.2) is 0 Å². The molecule has 0 aliphatic carbocycles. The molecule has 7 nitrogen and oxygen atoms in total. The van der Waals surface area contributed by atoms with Crippen LogP contribution in [0.2, 0.25) is 0 Å². The fourth-order valence-corrected chi connectivity index (χ4v) is 4.06. The first kappa shape index (κ1) is 21.6. The SMILES string of the molecule is O=C(OCc1ccccc1)C(c1ccc2c(c1)OCO2)C(O)(c1ccccn1)c1ccccn1. The van der Waals surface area contributed by atoms with E-state index < -0.39 is 17.5 Å². The maximum Gasteiger partial charge on any atom is 0.317 e. The Morgan fingerprint density at radius 3 is 2.18 bits per heavy atom. The molecule has 2 aromatic carbocycles. The second kappa shape index (κ2) is 9.33. The average molecular weight is 454 g/mol. The minimum atomic E-state index is -1.91. The van der Waals surface area contributed by atoms with E-state index in [1.165, 1.54) is 0 Å². The lowest BCUT2D eigenvalue weighted by Crippen LogP contribution is -2.41. The predicted octanol–water partition coefficient (Wildman–Crippen LogP) is 3.97. The van der Waals surface area contributed by atoms with Gasteiger partial charge in [0.15, 0.2) is 17.1 Å². The third-order valence-corrected chi connectivity index (χ3v) is 5.72. The molecule has 2 aromatic heterocycles. The highest BCUT2D eigenvalue weighted by atomic mass is 16.7. The maximum absolute atomic E-state index is 13.7. The molecule has 0 radical (unpaired) electrons. The van der Waals surface area contributed by atoms with E-state index >= 15 is 0 Å². The first-order valence-corrected chi connectivity index (χ1v) is 10.8. The van der Waals surface area contributed by atoms with Crippen molar-refractivity contribution >= 4 is 5.97 Å². The molecular formula is C27H22N2O5. The van der Waals surface area contributed by atoms with E-state index in [2.05, 4.69) is 9.97 Å². The van der Waals surface area contributed by atoms with Crippen LogP contribution >= 0.6 is 0 Å². The molecule has 1 aliphatic rings. The van der Waals surface area contributed by atoms with Crippen molar-refractivity contribution in [2.45, 2.75) is 18.1 Å². The number of fused-ring (bicyclic) bond motifs is 1. The largest absolute Gasteiger partial charge is 0.460 e. The zero-order valence-corrected chi connectivity index (χ0v) is 18.2. The van der Waals surface area contributed by atoms with Gasteiger partial charge < -0.3 is 19.3 Å². The third-order valence-electron chi connectivity index (χ3n) is 5.72. The number of aliphatic hydroxyl groups is 1. The fraction of sp³-hybridized carbons (Fsp3) is 0.148. The lowest BCUT2D eigenvalue weighted by atomic mass is 9.76. The van der Waals surface area contributed by atoms with E-state index in [0.29, 0.717) is 17.1 Å². The number of esters is 1. The van der Waals surface area contributed by atoms with Crippen LogP contribution in [-0.2, 0) is 21.7 Å². The number of nitrogens with zero attached hydrogens (tertiary/aromatic N) is 2. The van der Waals surface area contributed by atoms with Gasteiger partial charge in [-0.3, -0.25) is 14.8 Å². The molecular weight excluding hydrogens is 432 g/mol. The molecule has 0 saturated carbocycles. The molecule has 7 heteroatoms. The molecule has 4 aromatic rings. The lowest BCUT2D eigenvalue weighted by molar-refractivity contribution is -0.153. The smallest absolute Gasteiger partial charge is 0.317 e. The van der Waals surface area contributed by atoms with Crippen molar-refractivity contribution in [1.29, 1.82) is 0 Å². The van der Waals surface area contributed by atoms with Crippen molar-refractivity contribution in [2.24, 2.45) is 0 Å². The van der Waals surface area contributed by atoms with Crippen LogP contribution in [0.5, 0.6) is 11.5 Å².